The molecule has 0 aromatic heterocycles. The summed E-state index contributed by atoms with van der Waals surface area (Å²) >= 11 is 0. The van der Waals surface area contributed by atoms with Gasteiger partial charge in [0.2, 0.25) is 5.91 Å². The minimum absolute atomic E-state index is 0.00647. The molecule has 7 nitrogen and oxygen atoms in total. The van der Waals surface area contributed by atoms with Crippen molar-refractivity contribution in [1.29, 1.82) is 0 Å². The molecular formula is C17H17N3O4. The zero-order chi connectivity index (χ0) is 17.7. The molecule has 0 saturated heterocycles. The number of amides is 2. The third kappa shape index (κ3) is 4.39. The molecule has 0 heterocycles. The van der Waals surface area contributed by atoms with E-state index in [0.717, 1.165) is 0 Å². The maximum absolute atomic E-state index is 12.4. The zero-order valence-corrected chi connectivity index (χ0v) is 13.4. The average molecular weight is 327 g/mol. The number of hydrogen-bond acceptors (Lipinski definition) is 4. The van der Waals surface area contributed by atoms with E-state index >= 15 is 0 Å². The largest absolute Gasteiger partial charge is 0.337 e. The van der Waals surface area contributed by atoms with Crippen molar-refractivity contribution in [3.63, 3.8) is 0 Å². The van der Waals surface area contributed by atoms with Gasteiger partial charge in [0, 0.05) is 43.9 Å². The highest BCUT2D eigenvalue weighted by atomic mass is 16.6. The van der Waals surface area contributed by atoms with E-state index in [2.05, 4.69) is 5.32 Å². The average Bonchev–Trinajstić information content (AvgIpc) is 2.54. The SMILES string of the molecule is CC(=O)Nc1ccc(C(=O)N(C)Cc2cccc([N+](=O)[O-])c2)cc1. The summed E-state index contributed by atoms with van der Waals surface area (Å²) < 4.78 is 0. The summed E-state index contributed by atoms with van der Waals surface area (Å²) in [6.45, 7) is 1.67. The van der Waals surface area contributed by atoms with Crippen LogP contribution in [-0.4, -0.2) is 28.7 Å². The summed E-state index contributed by atoms with van der Waals surface area (Å²) in [5.41, 5.74) is 1.75. The minimum atomic E-state index is -0.466. The van der Waals surface area contributed by atoms with Crippen LogP contribution < -0.4 is 5.32 Å². The van der Waals surface area contributed by atoms with Crippen LogP contribution >= 0.6 is 0 Å². The first-order chi connectivity index (χ1) is 11.4. The van der Waals surface area contributed by atoms with E-state index < -0.39 is 4.92 Å². The number of nitrogens with zero attached hydrogens (tertiary/aromatic N) is 2. The fraction of sp³-hybridized carbons (Fsp3) is 0.176. The lowest BCUT2D eigenvalue weighted by Crippen LogP contribution is -2.26. The van der Waals surface area contributed by atoms with E-state index in [4.69, 9.17) is 0 Å². The smallest absolute Gasteiger partial charge is 0.269 e. The van der Waals surface area contributed by atoms with Crippen LogP contribution in [-0.2, 0) is 11.3 Å². The van der Waals surface area contributed by atoms with Crippen LogP contribution in [0.2, 0.25) is 0 Å². The highest BCUT2D eigenvalue weighted by molar-refractivity contribution is 5.95. The zero-order valence-electron chi connectivity index (χ0n) is 13.4. The molecule has 2 aromatic carbocycles. The molecule has 0 unspecified atom stereocenters. The number of carbonyl (C=O) groups is 2. The molecule has 0 bridgehead atoms. The summed E-state index contributed by atoms with van der Waals surface area (Å²) in [6.07, 6.45) is 0. The number of rotatable bonds is 5. The Labute approximate surface area is 139 Å². The molecule has 7 heteroatoms. The van der Waals surface area contributed by atoms with Crippen molar-refractivity contribution in [1.82, 2.24) is 4.90 Å². The standard InChI is InChI=1S/C17H17N3O4/c1-12(21)18-15-8-6-14(7-9-15)17(22)19(2)11-13-4-3-5-16(10-13)20(23)24/h3-10H,11H2,1-2H3,(H,18,21). The number of nitro groups is 1. The molecule has 0 spiro atoms. The molecular weight excluding hydrogens is 310 g/mol. The van der Waals surface area contributed by atoms with Gasteiger partial charge in [0.25, 0.3) is 11.6 Å². The van der Waals surface area contributed by atoms with Crippen molar-refractivity contribution < 1.29 is 14.5 Å². The van der Waals surface area contributed by atoms with Crippen LogP contribution in [0.25, 0.3) is 0 Å². The van der Waals surface area contributed by atoms with Gasteiger partial charge in [-0.05, 0) is 29.8 Å². The van der Waals surface area contributed by atoms with E-state index in [9.17, 15) is 19.7 Å². The molecule has 1 N–H and O–H groups in total. The highest BCUT2D eigenvalue weighted by Crippen LogP contribution is 2.16. The lowest BCUT2D eigenvalue weighted by Gasteiger charge is -2.17. The van der Waals surface area contributed by atoms with Crippen LogP contribution in [0, 0.1) is 10.1 Å². The first kappa shape index (κ1) is 17.1. The van der Waals surface area contributed by atoms with E-state index in [1.54, 1.807) is 43.4 Å². The maximum atomic E-state index is 12.4. The number of benzene rings is 2. The van der Waals surface area contributed by atoms with E-state index in [1.807, 2.05) is 0 Å². The second kappa shape index (κ2) is 7.36. The van der Waals surface area contributed by atoms with Crippen molar-refractivity contribution in [3.05, 3.63) is 69.8 Å². The minimum Gasteiger partial charge on any atom is -0.337 e. The van der Waals surface area contributed by atoms with Crippen molar-refractivity contribution in [2.24, 2.45) is 0 Å². The van der Waals surface area contributed by atoms with E-state index in [1.165, 1.54) is 24.0 Å². The van der Waals surface area contributed by atoms with Crippen molar-refractivity contribution in [2.75, 3.05) is 12.4 Å². The number of anilines is 1. The molecule has 0 fully saturated rings. The van der Waals surface area contributed by atoms with Crippen LogP contribution in [0.5, 0.6) is 0 Å². The molecule has 0 aliphatic carbocycles. The number of nitrogens with one attached hydrogen (secondary N) is 1. The summed E-state index contributed by atoms with van der Waals surface area (Å²) in [5.74, 6) is -0.396. The van der Waals surface area contributed by atoms with Gasteiger partial charge < -0.3 is 10.2 Å². The fourth-order valence-electron chi connectivity index (χ4n) is 2.23. The molecule has 0 saturated carbocycles. The van der Waals surface area contributed by atoms with Crippen LogP contribution in [0.1, 0.15) is 22.8 Å². The first-order valence-corrected chi connectivity index (χ1v) is 7.23. The topological polar surface area (TPSA) is 92.6 Å². The summed E-state index contributed by atoms with van der Waals surface area (Å²) in [6, 6.07) is 12.7. The number of carbonyl (C=O) groups excluding carboxylic acids is 2. The van der Waals surface area contributed by atoms with Gasteiger partial charge in [0.1, 0.15) is 0 Å². The molecule has 2 rings (SSSR count). The maximum Gasteiger partial charge on any atom is 0.269 e. The monoisotopic (exact) mass is 327 g/mol. The second-order valence-electron chi connectivity index (χ2n) is 5.35. The quantitative estimate of drug-likeness (QED) is 0.675. The molecule has 0 radical (unpaired) electrons. The molecule has 124 valence electrons. The van der Waals surface area contributed by atoms with Crippen LogP contribution in [0.4, 0.5) is 11.4 Å². The van der Waals surface area contributed by atoms with Crippen LogP contribution in [0.3, 0.4) is 0 Å². The summed E-state index contributed by atoms with van der Waals surface area (Å²) in [7, 11) is 1.63. The molecule has 2 aromatic rings. The lowest BCUT2D eigenvalue weighted by atomic mass is 10.1. The number of nitro benzene ring substituents is 1. The van der Waals surface area contributed by atoms with E-state index in [-0.39, 0.29) is 24.0 Å². The molecule has 0 atom stereocenters. The van der Waals surface area contributed by atoms with Gasteiger partial charge in [-0.25, -0.2) is 0 Å². The summed E-state index contributed by atoms with van der Waals surface area (Å²) in [5, 5.41) is 13.4. The Morgan fingerprint density at radius 3 is 2.42 bits per heavy atom. The highest BCUT2D eigenvalue weighted by Gasteiger charge is 2.14. The summed E-state index contributed by atoms with van der Waals surface area (Å²) in [4.78, 5) is 35.2. The van der Waals surface area contributed by atoms with E-state index in [0.29, 0.717) is 16.8 Å². The molecule has 24 heavy (non-hydrogen) atoms. The van der Waals surface area contributed by atoms with Crippen molar-refractivity contribution in [2.45, 2.75) is 13.5 Å². The van der Waals surface area contributed by atoms with Crippen molar-refractivity contribution >= 4 is 23.2 Å². The Hall–Kier alpha value is -3.22. The van der Waals surface area contributed by atoms with Gasteiger partial charge in [-0.15, -0.1) is 0 Å². The van der Waals surface area contributed by atoms with Crippen LogP contribution in [0.15, 0.2) is 48.5 Å². The molecule has 0 aliphatic rings. The number of non-ortho nitro benzene ring substituents is 1. The third-order valence-electron chi connectivity index (χ3n) is 3.34. The Balaban J connectivity index is 2.07. The van der Waals surface area contributed by atoms with Gasteiger partial charge in [-0.1, -0.05) is 12.1 Å². The Bertz CT molecular complexity index is 772. The van der Waals surface area contributed by atoms with Gasteiger partial charge in [0.05, 0.1) is 4.92 Å². The van der Waals surface area contributed by atoms with Crippen molar-refractivity contribution in [3.8, 4) is 0 Å². The molecule has 2 amide bonds. The Morgan fingerprint density at radius 2 is 1.83 bits per heavy atom. The lowest BCUT2D eigenvalue weighted by molar-refractivity contribution is -0.384. The predicted octanol–water partition coefficient (Wildman–Crippen LogP) is 2.83. The van der Waals surface area contributed by atoms with Gasteiger partial charge >= 0.3 is 0 Å². The Morgan fingerprint density at radius 1 is 1.17 bits per heavy atom. The third-order valence-corrected chi connectivity index (χ3v) is 3.34. The molecule has 0 aliphatic heterocycles. The van der Waals surface area contributed by atoms with Gasteiger partial charge in [0.15, 0.2) is 0 Å². The van der Waals surface area contributed by atoms with Gasteiger partial charge in [-0.2, -0.15) is 0 Å². The first-order valence-electron chi connectivity index (χ1n) is 7.23. The van der Waals surface area contributed by atoms with Gasteiger partial charge in [-0.3, -0.25) is 19.7 Å². The Kier molecular flexibility index (Phi) is 5.26. The number of hydrogen-bond donors (Lipinski definition) is 1. The second-order valence-corrected chi connectivity index (χ2v) is 5.35. The predicted molar refractivity (Wildman–Crippen MR) is 89.6 cm³/mol. The normalized spacial score (nSPS) is 10.1. The fourth-order valence-corrected chi connectivity index (χ4v) is 2.23.